The first-order valence-corrected chi connectivity index (χ1v) is 12.8. The lowest BCUT2D eigenvalue weighted by Crippen LogP contribution is -2.56. The van der Waals surface area contributed by atoms with Gasteiger partial charge in [0.15, 0.2) is 0 Å². The van der Waals surface area contributed by atoms with Gasteiger partial charge in [0.05, 0.1) is 6.54 Å². The zero-order valence-corrected chi connectivity index (χ0v) is 20.4. The number of anilines is 3. The topological polar surface area (TPSA) is 98.3 Å². The smallest absolute Gasteiger partial charge is 0.234 e. The van der Waals surface area contributed by atoms with Crippen LogP contribution in [0.5, 0.6) is 0 Å². The van der Waals surface area contributed by atoms with Crippen molar-refractivity contribution in [1.29, 1.82) is 0 Å². The number of nitrogens with one attached hydrogen (secondary N) is 3. The number of piperazine rings is 1. The molecule has 3 aromatic rings. The number of carbonyl (C=O) groups excluding carboxylic acids is 1. The van der Waals surface area contributed by atoms with Crippen molar-refractivity contribution in [3.63, 3.8) is 0 Å². The summed E-state index contributed by atoms with van der Waals surface area (Å²) in [6.07, 6.45) is 8.66. The first-order chi connectivity index (χ1) is 17.6. The molecule has 9 rings (SSSR count). The Morgan fingerprint density at radius 1 is 0.889 bits per heavy atom. The largest absolute Gasteiger partial charge is 0.355 e. The Morgan fingerprint density at radius 2 is 1.75 bits per heavy atom. The summed E-state index contributed by atoms with van der Waals surface area (Å²) in [7, 11) is 0. The van der Waals surface area contributed by atoms with E-state index in [1.54, 1.807) is 6.20 Å². The molecule has 9 heteroatoms. The molecule has 9 nitrogen and oxygen atoms in total. The van der Waals surface area contributed by atoms with Gasteiger partial charge in [-0.25, -0.2) is 15.0 Å². The van der Waals surface area contributed by atoms with E-state index in [4.69, 9.17) is 0 Å². The highest BCUT2D eigenvalue weighted by Gasteiger charge is 2.51. The Kier molecular flexibility index (Phi) is 6.25. The summed E-state index contributed by atoms with van der Waals surface area (Å²) >= 11 is 0. The van der Waals surface area contributed by atoms with Crippen LogP contribution in [0, 0.1) is 0 Å². The molecule has 2 fully saturated rings. The molecule has 3 N–H and O–H groups in total. The maximum Gasteiger partial charge on any atom is 0.234 e. The van der Waals surface area contributed by atoms with Gasteiger partial charge in [-0.2, -0.15) is 0 Å². The molecule has 1 aliphatic carbocycles. The first kappa shape index (κ1) is 22.9. The van der Waals surface area contributed by atoms with Gasteiger partial charge in [-0.15, -0.1) is 0 Å². The van der Waals surface area contributed by atoms with E-state index in [0.717, 1.165) is 55.2 Å². The molecule has 0 radical (unpaired) electrons. The molecule has 2 aromatic heterocycles. The van der Waals surface area contributed by atoms with Crippen LogP contribution in [0.4, 0.5) is 17.5 Å². The lowest BCUT2D eigenvalue weighted by atomic mass is 10.1. The molecule has 2 atom stereocenters. The molecule has 1 spiro atoms. The molecule has 5 aliphatic heterocycles. The number of pyridine rings is 1. The number of benzene rings is 1. The van der Waals surface area contributed by atoms with Gasteiger partial charge in [0.2, 0.25) is 11.9 Å². The predicted octanol–water partition coefficient (Wildman–Crippen LogP) is 2.86. The highest BCUT2D eigenvalue weighted by molar-refractivity contribution is 5.78. The van der Waals surface area contributed by atoms with E-state index in [9.17, 15) is 4.79 Å². The maximum absolute atomic E-state index is 12.5. The second-order valence-electron chi connectivity index (χ2n) is 10.0. The maximum atomic E-state index is 12.5. The van der Waals surface area contributed by atoms with Crippen LogP contribution in [0.2, 0.25) is 0 Å². The van der Waals surface area contributed by atoms with E-state index in [1.165, 1.54) is 18.4 Å². The Labute approximate surface area is 211 Å². The molecule has 1 amide bonds. The lowest BCUT2D eigenvalue weighted by molar-refractivity contribution is -0.123. The number of rotatable bonds is 0. The molecule has 1 saturated heterocycles. The van der Waals surface area contributed by atoms with E-state index < -0.39 is 0 Å². The first-order valence-electron chi connectivity index (χ1n) is 12.8. The number of amides is 1. The van der Waals surface area contributed by atoms with Gasteiger partial charge < -0.3 is 16.0 Å². The minimum absolute atomic E-state index is 0.104. The van der Waals surface area contributed by atoms with E-state index >= 15 is 0 Å². The van der Waals surface area contributed by atoms with Gasteiger partial charge in [-0.3, -0.25) is 14.6 Å². The van der Waals surface area contributed by atoms with E-state index in [0.29, 0.717) is 25.6 Å². The predicted molar refractivity (Wildman–Crippen MR) is 140 cm³/mol. The van der Waals surface area contributed by atoms with Crippen LogP contribution >= 0.6 is 0 Å². The normalized spacial score (nSPS) is 23.4. The second kappa shape index (κ2) is 9.83. The molecule has 1 aromatic carbocycles. The Hall–Kier alpha value is -3.56. The van der Waals surface area contributed by atoms with Crippen molar-refractivity contribution in [3.8, 4) is 11.1 Å². The van der Waals surface area contributed by atoms with E-state index in [2.05, 4.69) is 65.0 Å². The molecule has 6 aliphatic rings. The van der Waals surface area contributed by atoms with Crippen molar-refractivity contribution < 1.29 is 4.79 Å². The van der Waals surface area contributed by atoms with E-state index in [-0.39, 0.29) is 11.4 Å². The summed E-state index contributed by atoms with van der Waals surface area (Å²) in [6.45, 7) is 5.58. The zero-order valence-electron chi connectivity index (χ0n) is 20.4. The summed E-state index contributed by atoms with van der Waals surface area (Å²) in [5.41, 5.74) is 4.45. The highest BCUT2D eigenvalue weighted by atomic mass is 16.2. The molecule has 1 saturated carbocycles. The summed E-state index contributed by atoms with van der Waals surface area (Å²) < 4.78 is 0. The Balaban J connectivity index is 1.25. The molecule has 186 valence electrons. The second-order valence-corrected chi connectivity index (χ2v) is 10.0. The number of aromatic nitrogens is 3. The molecule has 36 heavy (non-hydrogen) atoms. The average molecular weight is 485 g/mol. The van der Waals surface area contributed by atoms with Crippen LogP contribution in [0.1, 0.15) is 24.8 Å². The van der Waals surface area contributed by atoms with Crippen LogP contribution in [0.15, 0.2) is 55.0 Å². The summed E-state index contributed by atoms with van der Waals surface area (Å²) in [4.78, 5) is 30.9. The molecule has 2 unspecified atom stereocenters. The zero-order chi connectivity index (χ0) is 24.4. The molecule has 7 heterocycles. The number of hydrogen-bond donors (Lipinski definition) is 3. The summed E-state index contributed by atoms with van der Waals surface area (Å²) in [6, 6.07) is 12.6. The SMILES string of the molecule is O=C1CN2CCN(Cc3cccc(c3)Nc3cc(ccn3)-c3cnc(nc3)NCCCN1)C1(CC1)C2. The monoisotopic (exact) mass is 484 g/mol. The van der Waals surface area contributed by atoms with Crippen molar-refractivity contribution in [2.75, 3.05) is 49.9 Å². The van der Waals surface area contributed by atoms with Crippen LogP contribution in [-0.4, -0.2) is 75.5 Å². The van der Waals surface area contributed by atoms with Crippen molar-refractivity contribution in [1.82, 2.24) is 30.1 Å². The van der Waals surface area contributed by atoms with Gasteiger partial charge in [-0.05, 0) is 54.7 Å². The molecule has 8 bridgehead atoms. The third kappa shape index (κ3) is 5.17. The van der Waals surface area contributed by atoms with Gasteiger partial charge >= 0.3 is 0 Å². The van der Waals surface area contributed by atoms with Gasteiger partial charge in [0.1, 0.15) is 5.82 Å². The van der Waals surface area contributed by atoms with Gasteiger partial charge in [0, 0.05) is 74.6 Å². The molecular formula is C27H32N8O. The minimum Gasteiger partial charge on any atom is -0.355 e. The van der Waals surface area contributed by atoms with Crippen molar-refractivity contribution in [3.05, 3.63) is 60.6 Å². The van der Waals surface area contributed by atoms with Crippen molar-refractivity contribution >= 4 is 23.4 Å². The lowest BCUT2D eigenvalue weighted by Gasteiger charge is -2.42. The van der Waals surface area contributed by atoms with Crippen LogP contribution in [-0.2, 0) is 11.3 Å². The highest BCUT2D eigenvalue weighted by Crippen LogP contribution is 2.45. The third-order valence-electron chi connectivity index (χ3n) is 7.35. The third-order valence-corrected chi connectivity index (χ3v) is 7.35. The minimum atomic E-state index is 0.104. The standard InChI is InChI=1S/C27H32N8O/c36-25-18-34-11-12-35(27(19-34)6-7-27)17-20-3-1-4-23(13-20)33-24-14-21(5-10-28-24)22-15-31-26(32-16-22)30-9-2-8-29-25/h1,3-5,10,13-16H,2,6-9,11-12,17-19H2,(H,28,33)(H,29,36)(H,30,31,32). The Bertz CT molecular complexity index is 1230. The number of nitrogens with zero attached hydrogens (tertiary/aromatic N) is 5. The van der Waals surface area contributed by atoms with Gasteiger partial charge in [-0.1, -0.05) is 12.1 Å². The number of hydrogen-bond acceptors (Lipinski definition) is 8. The Morgan fingerprint density at radius 3 is 2.61 bits per heavy atom. The summed E-state index contributed by atoms with van der Waals surface area (Å²) in [5, 5.41) is 9.78. The van der Waals surface area contributed by atoms with Crippen molar-refractivity contribution in [2.24, 2.45) is 0 Å². The average Bonchev–Trinajstić information content (AvgIpc) is 3.65. The van der Waals surface area contributed by atoms with E-state index in [1.807, 2.05) is 24.5 Å². The van der Waals surface area contributed by atoms with Crippen LogP contribution < -0.4 is 16.0 Å². The van der Waals surface area contributed by atoms with Crippen LogP contribution in [0.3, 0.4) is 0 Å². The van der Waals surface area contributed by atoms with Crippen molar-refractivity contribution in [2.45, 2.75) is 31.3 Å². The van der Waals surface area contributed by atoms with Gasteiger partial charge in [0.25, 0.3) is 0 Å². The number of carbonyl (C=O) groups is 1. The fraction of sp³-hybridized carbons (Fsp3) is 0.407. The molecular weight excluding hydrogens is 452 g/mol. The van der Waals surface area contributed by atoms with Crippen LogP contribution in [0.25, 0.3) is 11.1 Å². The fourth-order valence-corrected chi connectivity index (χ4v) is 5.23. The quantitative estimate of drug-likeness (QED) is 0.448. The fourth-order valence-electron chi connectivity index (χ4n) is 5.23. The summed E-state index contributed by atoms with van der Waals surface area (Å²) in [5.74, 6) is 1.47.